The fourth-order valence-electron chi connectivity index (χ4n) is 2.43. The standard InChI is InChI=1S/C12H15N5O/c1-17-10-4-2-7(13)6-9(10)14-12(17)8-3-5-11(18)16-15-8/h3,5,7H,2,4,6,13H2,1H3,(H,16,18). The monoisotopic (exact) mass is 245 g/mol. The van der Waals surface area contributed by atoms with E-state index in [4.69, 9.17) is 5.73 Å². The topological polar surface area (TPSA) is 89.6 Å². The van der Waals surface area contributed by atoms with Gasteiger partial charge in [-0.05, 0) is 18.9 Å². The van der Waals surface area contributed by atoms with Gasteiger partial charge in [0.25, 0.3) is 5.56 Å². The molecule has 94 valence electrons. The minimum atomic E-state index is -0.209. The summed E-state index contributed by atoms with van der Waals surface area (Å²) >= 11 is 0. The molecule has 2 aromatic rings. The molecule has 1 unspecified atom stereocenters. The van der Waals surface area contributed by atoms with Gasteiger partial charge in [0.1, 0.15) is 5.69 Å². The van der Waals surface area contributed by atoms with Crippen LogP contribution in [0.2, 0.25) is 0 Å². The van der Waals surface area contributed by atoms with E-state index in [1.807, 2.05) is 11.6 Å². The first-order valence-corrected chi connectivity index (χ1v) is 6.01. The minimum Gasteiger partial charge on any atom is -0.330 e. The molecule has 0 radical (unpaired) electrons. The zero-order valence-corrected chi connectivity index (χ0v) is 10.2. The summed E-state index contributed by atoms with van der Waals surface area (Å²) in [5.74, 6) is 0.783. The molecule has 3 N–H and O–H groups in total. The second-order valence-corrected chi connectivity index (χ2v) is 4.70. The van der Waals surface area contributed by atoms with Crippen LogP contribution in [0.4, 0.5) is 0 Å². The second kappa shape index (κ2) is 4.06. The largest absolute Gasteiger partial charge is 0.330 e. The van der Waals surface area contributed by atoms with Gasteiger partial charge >= 0.3 is 0 Å². The van der Waals surface area contributed by atoms with Gasteiger partial charge in [-0.15, -0.1) is 0 Å². The first kappa shape index (κ1) is 11.2. The van der Waals surface area contributed by atoms with Crippen molar-refractivity contribution in [3.63, 3.8) is 0 Å². The molecule has 6 nitrogen and oxygen atoms in total. The molecular weight excluding hydrogens is 230 g/mol. The fourth-order valence-corrected chi connectivity index (χ4v) is 2.43. The van der Waals surface area contributed by atoms with Crippen molar-refractivity contribution in [2.75, 3.05) is 0 Å². The van der Waals surface area contributed by atoms with Crippen LogP contribution in [-0.4, -0.2) is 25.8 Å². The Balaban J connectivity index is 2.08. The minimum absolute atomic E-state index is 0.198. The number of rotatable bonds is 1. The summed E-state index contributed by atoms with van der Waals surface area (Å²) in [6.07, 6.45) is 2.75. The third-order valence-electron chi connectivity index (χ3n) is 3.41. The highest BCUT2D eigenvalue weighted by Gasteiger charge is 2.23. The van der Waals surface area contributed by atoms with Crippen molar-refractivity contribution in [2.45, 2.75) is 25.3 Å². The maximum absolute atomic E-state index is 11.0. The van der Waals surface area contributed by atoms with Crippen molar-refractivity contribution < 1.29 is 0 Å². The van der Waals surface area contributed by atoms with Crippen LogP contribution in [0, 0.1) is 0 Å². The van der Waals surface area contributed by atoms with Gasteiger partial charge in [-0.25, -0.2) is 10.1 Å². The van der Waals surface area contributed by atoms with Crippen molar-refractivity contribution in [1.82, 2.24) is 19.7 Å². The first-order chi connectivity index (χ1) is 8.65. The van der Waals surface area contributed by atoms with E-state index in [2.05, 4.69) is 15.2 Å². The van der Waals surface area contributed by atoms with Crippen molar-refractivity contribution in [3.8, 4) is 11.5 Å². The van der Waals surface area contributed by atoms with Crippen molar-refractivity contribution in [2.24, 2.45) is 12.8 Å². The Morgan fingerprint density at radius 2 is 2.33 bits per heavy atom. The predicted molar refractivity (Wildman–Crippen MR) is 67.1 cm³/mol. The molecule has 18 heavy (non-hydrogen) atoms. The molecule has 2 heterocycles. The Morgan fingerprint density at radius 1 is 1.50 bits per heavy atom. The van der Waals surface area contributed by atoms with Crippen LogP contribution in [0.25, 0.3) is 11.5 Å². The third-order valence-corrected chi connectivity index (χ3v) is 3.41. The normalized spacial score (nSPS) is 18.7. The van der Waals surface area contributed by atoms with Gasteiger partial charge in [-0.2, -0.15) is 5.10 Å². The summed E-state index contributed by atoms with van der Waals surface area (Å²) in [5, 5.41) is 6.45. The van der Waals surface area contributed by atoms with Gasteiger partial charge in [0.2, 0.25) is 0 Å². The van der Waals surface area contributed by atoms with E-state index in [-0.39, 0.29) is 11.6 Å². The van der Waals surface area contributed by atoms with Crippen molar-refractivity contribution in [3.05, 3.63) is 33.9 Å². The summed E-state index contributed by atoms with van der Waals surface area (Å²) in [6, 6.07) is 3.35. The highest BCUT2D eigenvalue weighted by Crippen LogP contribution is 2.24. The number of hydrogen-bond donors (Lipinski definition) is 2. The zero-order valence-electron chi connectivity index (χ0n) is 10.2. The Bertz CT molecular complexity index is 622. The lowest BCUT2D eigenvalue weighted by atomic mass is 9.97. The lowest BCUT2D eigenvalue weighted by Gasteiger charge is -2.17. The molecule has 1 atom stereocenters. The van der Waals surface area contributed by atoms with Crippen LogP contribution in [-0.2, 0) is 19.9 Å². The van der Waals surface area contributed by atoms with E-state index in [1.54, 1.807) is 6.07 Å². The Hall–Kier alpha value is -1.95. The molecular formula is C12H15N5O. The first-order valence-electron chi connectivity index (χ1n) is 6.01. The van der Waals surface area contributed by atoms with Crippen LogP contribution < -0.4 is 11.3 Å². The van der Waals surface area contributed by atoms with E-state index in [9.17, 15) is 4.79 Å². The van der Waals surface area contributed by atoms with Gasteiger partial charge in [0.05, 0.1) is 5.69 Å². The number of nitrogens with two attached hydrogens (primary N) is 1. The molecule has 3 rings (SSSR count). The fraction of sp³-hybridized carbons (Fsp3) is 0.417. The molecule has 0 fully saturated rings. The van der Waals surface area contributed by atoms with E-state index in [0.29, 0.717) is 5.69 Å². The van der Waals surface area contributed by atoms with Gasteiger partial charge in [-0.3, -0.25) is 4.79 Å². The Morgan fingerprint density at radius 3 is 3.06 bits per heavy atom. The molecule has 1 aliphatic rings. The number of nitrogens with zero attached hydrogens (tertiary/aromatic N) is 3. The summed E-state index contributed by atoms with van der Waals surface area (Å²) < 4.78 is 2.04. The van der Waals surface area contributed by atoms with Crippen LogP contribution in [0.5, 0.6) is 0 Å². The predicted octanol–water partition coefficient (Wildman–Crippen LogP) is -0.0136. The summed E-state index contributed by atoms with van der Waals surface area (Å²) in [5.41, 5.74) is 8.70. The molecule has 0 bridgehead atoms. The van der Waals surface area contributed by atoms with Crippen LogP contribution in [0.1, 0.15) is 17.8 Å². The smallest absolute Gasteiger partial charge is 0.264 e. The third kappa shape index (κ3) is 1.74. The maximum Gasteiger partial charge on any atom is 0.264 e. The molecule has 1 aliphatic carbocycles. The number of aromatic amines is 1. The quantitative estimate of drug-likeness (QED) is 0.739. The lowest BCUT2D eigenvalue weighted by Crippen LogP contribution is -2.28. The molecule has 0 saturated heterocycles. The average Bonchev–Trinajstić information content (AvgIpc) is 2.67. The number of imidazole rings is 1. The van der Waals surface area contributed by atoms with Crippen LogP contribution >= 0.6 is 0 Å². The highest BCUT2D eigenvalue weighted by molar-refractivity contribution is 5.51. The molecule has 0 amide bonds. The zero-order chi connectivity index (χ0) is 12.7. The number of hydrogen-bond acceptors (Lipinski definition) is 4. The summed E-state index contributed by atoms with van der Waals surface area (Å²) in [7, 11) is 1.98. The number of nitrogens with one attached hydrogen (secondary N) is 1. The average molecular weight is 245 g/mol. The van der Waals surface area contributed by atoms with Gasteiger partial charge in [-0.1, -0.05) is 0 Å². The van der Waals surface area contributed by atoms with Crippen molar-refractivity contribution in [1.29, 1.82) is 0 Å². The van der Waals surface area contributed by atoms with E-state index in [0.717, 1.165) is 30.8 Å². The van der Waals surface area contributed by atoms with Crippen LogP contribution in [0.15, 0.2) is 16.9 Å². The van der Waals surface area contributed by atoms with Crippen molar-refractivity contribution >= 4 is 0 Å². The maximum atomic E-state index is 11.0. The molecule has 0 aliphatic heterocycles. The van der Waals surface area contributed by atoms with Gasteiger partial charge in [0, 0.05) is 31.3 Å². The second-order valence-electron chi connectivity index (χ2n) is 4.70. The number of aromatic nitrogens is 4. The molecule has 2 aromatic heterocycles. The van der Waals surface area contributed by atoms with E-state index < -0.39 is 0 Å². The highest BCUT2D eigenvalue weighted by atomic mass is 16.1. The summed E-state index contributed by atoms with van der Waals surface area (Å²) in [4.78, 5) is 15.6. The summed E-state index contributed by atoms with van der Waals surface area (Å²) in [6.45, 7) is 0. The van der Waals surface area contributed by atoms with Crippen LogP contribution in [0.3, 0.4) is 0 Å². The van der Waals surface area contributed by atoms with Gasteiger partial charge < -0.3 is 10.3 Å². The Labute approximate surface area is 104 Å². The number of H-pyrrole nitrogens is 1. The molecule has 0 spiro atoms. The Kier molecular flexibility index (Phi) is 2.52. The van der Waals surface area contributed by atoms with Gasteiger partial charge in [0.15, 0.2) is 5.82 Å². The lowest BCUT2D eigenvalue weighted by molar-refractivity contribution is 0.554. The molecule has 0 aromatic carbocycles. The molecule has 0 saturated carbocycles. The van der Waals surface area contributed by atoms with E-state index >= 15 is 0 Å². The van der Waals surface area contributed by atoms with E-state index in [1.165, 1.54) is 11.8 Å². The SMILES string of the molecule is Cn1c(-c2ccc(=O)[nH]n2)nc2c1CCC(N)C2. The molecule has 6 heteroatoms. The number of fused-ring (bicyclic) bond motifs is 1.